The predicted octanol–water partition coefficient (Wildman–Crippen LogP) is 0.221. The van der Waals surface area contributed by atoms with Crippen LogP contribution in [0.3, 0.4) is 0 Å². The van der Waals surface area contributed by atoms with Crippen molar-refractivity contribution in [2.75, 3.05) is 20.6 Å². The molecule has 1 radical (unpaired) electrons. The Balaban J connectivity index is 1.82. The molecule has 1 saturated heterocycles. The third kappa shape index (κ3) is 1.14. The maximum Gasteiger partial charge on any atom is 0.354 e. The third-order valence-electron chi connectivity index (χ3n) is 4.23. The number of hydrogen-bond acceptors (Lipinski definition) is 3. The van der Waals surface area contributed by atoms with Gasteiger partial charge in [0.1, 0.15) is 11.9 Å². The Morgan fingerprint density at radius 1 is 1.47 bits per heavy atom. The maximum absolute atomic E-state index is 12.7. The summed E-state index contributed by atoms with van der Waals surface area (Å²) in [5.41, 5.74) is 2.98. The van der Waals surface area contributed by atoms with Crippen molar-refractivity contribution in [3.05, 3.63) is 35.3 Å². The summed E-state index contributed by atoms with van der Waals surface area (Å²) >= 11 is 0. The van der Waals surface area contributed by atoms with E-state index in [2.05, 4.69) is 17.3 Å². The highest BCUT2D eigenvalue weighted by atomic mass is 16.2. The van der Waals surface area contributed by atoms with E-state index in [0.717, 1.165) is 23.8 Å². The van der Waals surface area contributed by atoms with E-state index in [9.17, 15) is 4.79 Å². The van der Waals surface area contributed by atoms with Crippen LogP contribution in [0.5, 0.6) is 0 Å². The zero-order valence-corrected chi connectivity index (χ0v) is 11.3. The van der Waals surface area contributed by atoms with Crippen molar-refractivity contribution in [1.29, 1.82) is 0 Å². The number of amidine groups is 1. The number of hydrogen-bond donors (Lipinski definition) is 0. The van der Waals surface area contributed by atoms with Crippen molar-refractivity contribution < 1.29 is 9.28 Å². The summed E-state index contributed by atoms with van der Waals surface area (Å²) in [6, 6.07) is 0.324. The minimum absolute atomic E-state index is 0.0757. The molecule has 0 aromatic rings. The zero-order chi connectivity index (χ0) is 13.4. The van der Waals surface area contributed by atoms with E-state index in [1.54, 1.807) is 0 Å². The first-order valence-corrected chi connectivity index (χ1v) is 6.46. The molecule has 5 aliphatic rings. The van der Waals surface area contributed by atoms with Crippen molar-refractivity contribution >= 4 is 19.3 Å². The van der Waals surface area contributed by atoms with E-state index in [1.807, 2.05) is 44.3 Å². The van der Waals surface area contributed by atoms with Gasteiger partial charge in [0.05, 0.1) is 12.1 Å². The first-order valence-electron chi connectivity index (χ1n) is 6.46. The fourth-order valence-corrected chi connectivity index (χ4v) is 3.52. The SMILES string of the molecule is CC1=C2C(=O)N([B]N(C)C)CC3C4=C[N+]23C(=N1)C=C4. The molecule has 2 bridgehead atoms. The van der Waals surface area contributed by atoms with Crippen LogP contribution in [0.15, 0.2) is 40.3 Å². The van der Waals surface area contributed by atoms with Crippen LogP contribution in [-0.2, 0) is 4.79 Å². The maximum atomic E-state index is 12.7. The number of amides is 1. The smallest absolute Gasteiger partial charge is 0.354 e. The molecule has 5 aliphatic heterocycles. The number of aliphatic imine (C=N–C) groups is 1. The number of allylic oxidation sites excluding steroid dienone is 1. The van der Waals surface area contributed by atoms with Crippen molar-refractivity contribution in [3.8, 4) is 0 Å². The van der Waals surface area contributed by atoms with E-state index in [-0.39, 0.29) is 5.91 Å². The van der Waals surface area contributed by atoms with E-state index in [0.29, 0.717) is 10.5 Å². The second-order valence-corrected chi connectivity index (χ2v) is 5.70. The summed E-state index contributed by atoms with van der Waals surface area (Å²) in [6.07, 6.45) is 6.34. The molecule has 2 atom stereocenters. The van der Waals surface area contributed by atoms with Gasteiger partial charge in [0.2, 0.25) is 11.5 Å². The van der Waals surface area contributed by atoms with Gasteiger partial charge in [-0.05, 0) is 27.1 Å². The van der Waals surface area contributed by atoms with Crippen LogP contribution >= 0.6 is 0 Å². The molecular formula is C13H15BN4O+. The van der Waals surface area contributed by atoms with Gasteiger partial charge in [-0.25, -0.2) is 4.48 Å². The Hall–Kier alpha value is -1.66. The van der Waals surface area contributed by atoms with Crippen molar-refractivity contribution in [2.45, 2.75) is 13.0 Å². The molecule has 0 aliphatic carbocycles. The fourth-order valence-electron chi connectivity index (χ4n) is 3.52. The lowest BCUT2D eigenvalue weighted by Gasteiger charge is -2.53. The highest BCUT2D eigenvalue weighted by Gasteiger charge is 2.64. The molecule has 0 saturated carbocycles. The van der Waals surface area contributed by atoms with E-state index < -0.39 is 0 Å². The first-order chi connectivity index (χ1) is 9.04. The molecule has 2 unspecified atom stereocenters. The lowest BCUT2D eigenvalue weighted by molar-refractivity contribution is -0.788. The summed E-state index contributed by atoms with van der Waals surface area (Å²) < 4.78 is 0.564. The average Bonchev–Trinajstić information content (AvgIpc) is 2.65. The van der Waals surface area contributed by atoms with E-state index in [1.165, 1.54) is 5.57 Å². The second kappa shape index (κ2) is 3.26. The summed E-state index contributed by atoms with van der Waals surface area (Å²) in [7, 11) is 5.74. The van der Waals surface area contributed by atoms with Crippen LogP contribution in [0, 0.1) is 0 Å². The van der Waals surface area contributed by atoms with Crippen molar-refractivity contribution in [1.82, 2.24) is 9.62 Å². The van der Waals surface area contributed by atoms with Gasteiger partial charge in [-0.15, -0.1) is 0 Å². The Morgan fingerprint density at radius 2 is 2.26 bits per heavy atom. The van der Waals surface area contributed by atoms with Crippen LogP contribution in [-0.4, -0.2) is 60.1 Å². The molecule has 5 heterocycles. The predicted molar refractivity (Wildman–Crippen MR) is 72.6 cm³/mol. The van der Waals surface area contributed by atoms with Gasteiger partial charge in [-0.3, -0.25) is 4.79 Å². The quantitative estimate of drug-likeness (QED) is 0.522. The van der Waals surface area contributed by atoms with Crippen LogP contribution in [0.4, 0.5) is 0 Å². The Morgan fingerprint density at radius 3 is 3.00 bits per heavy atom. The lowest BCUT2D eigenvalue weighted by Crippen LogP contribution is -2.71. The Bertz CT molecular complexity index is 631. The number of carbonyl (C=O) groups excluding carboxylic acids is 1. The number of rotatable bonds is 2. The summed E-state index contributed by atoms with van der Waals surface area (Å²) in [5, 5.41) is 0. The molecule has 0 aromatic carbocycles. The summed E-state index contributed by atoms with van der Waals surface area (Å²) in [4.78, 5) is 21.0. The molecule has 0 N–H and O–H groups in total. The highest BCUT2D eigenvalue weighted by Crippen LogP contribution is 2.50. The molecule has 95 valence electrons. The summed E-state index contributed by atoms with van der Waals surface area (Å²) in [6.45, 7) is 2.66. The monoisotopic (exact) mass is 254 g/mol. The fraction of sp³-hybridized carbons (Fsp3) is 0.385. The number of quaternary nitrogens is 1. The van der Waals surface area contributed by atoms with Gasteiger partial charge in [0, 0.05) is 6.08 Å². The van der Waals surface area contributed by atoms with Gasteiger partial charge in [-0.2, -0.15) is 4.99 Å². The largest absolute Gasteiger partial charge is 0.360 e. The van der Waals surface area contributed by atoms with E-state index >= 15 is 0 Å². The van der Waals surface area contributed by atoms with Gasteiger partial charge in [-0.1, -0.05) is 0 Å². The third-order valence-corrected chi connectivity index (χ3v) is 4.23. The minimum atomic E-state index is 0.0757. The van der Waals surface area contributed by atoms with Gasteiger partial charge in [0.25, 0.3) is 5.91 Å². The topological polar surface area (TPSA) is 35.9 Å². The number of carbonyl (C=O) groups is 1. The van der Waals surface area contributed by atoms with Crippen LogP contribution in [0.1, 0.15) is 6.92 Å². The zero-order valence-electron chi connectivity index (χ0n) is 11.3. The van der Waals surface area contributed by atoms with Crippen molar-refractivity contribution in [2.24, 2.45) is 4.99 Å². The molecule has 5 nitrogen and oxygen atoms in total. The average molecular weight is 254 g/mol. The highest BCUT2D eigenvalue weighted by molar-refractivity contribution is 6.35. The van der Waals surface area contributed by atoms with E-state index in [4.69, 9.17) is 0 Å². The number of nitrogens with zero attached hydrogens (tertiary/aromatic N) is 4. The second-order valence-electron chi connectivity index (χ2n) is 5.70. The van der Waals surface area contributed by atoms with Gasteiger partial charge in [0.15, 0.2) is 6.04 Å². The molecule has 1 fully saturated rings. The molecule has 5 rings (SSSR count). The van der Waals surface area contributed by atoms with Gasteiger partial charge >= 0.3 is 7.55 Å². The van der Waals surface area contributed by atoms with Gasteiger partial charge < -0.3 is 9.62 Å². The Kier molecular flexibility index (Phi) is 1.92. The van der Waals surface area contributed by atoms with Crippen molar-refractivity contribution in [3.63, 3.8) is 0 Å². The summed E-state index contributed by atoms with van der Waals surface area (Å²) in [5.74, 6) is 1.07. The standard InChI is InChI=1S/C13H15BN4O/c1-8-12-13(19)17(14-16(2)3)6-10-9-4-5-11(15-8)18(10,12)7-9/h4-5,7,10H,6H2,1-3H3/q+1. The molecule has 0 aromatic heterocycles. The lowest BCUT2D eigenvalue weighted by atomic mass is 9.83. The first kappa shape index (κ1) is 11.2. The Labute approximate surface area is 113 Å². The molecular weight excluding hydrogens is 239 g/mol. The minimum Gasteiger partial charge on any atom is -0.360 e. The molecule has 19 heavy (non-hydrogen) atoms. The number of piperazine rings is 1. The molecule has 1 amide bonds. The van der Waals surface area contributed by atoms with Crippen LogP contribution in [0.2, 0.25) is 0 Å². The normalized spacial score (nSPS) is 34.2. The van der Waals surface area contributed by atoms with Crippen LogP contribution in [0.25, 0.3) is 0 Å². The van der Waals surface area contributed by atoms with Crippen LogP contribution < -0.4 is 0 Å². The molecule has 6 heteroatoms. The molecule has 1 spiro atoms.